The molecule has 0 fully saturated rings. The van der Waals surface area contributed by atoms with Crippen molar-refractivity contribution in [2.24, 2.45) is 7.05 Å². The van der Waals surface area contributed by atoms with Crippen molar-refractivity contribution in [1.82, 2.24) is 14.8 Å². The summed E-state index contributed by atoms with van der Waals surface area (Å²) >= 11 is 0. The minimum Gasteiger partial charge on any atom is -0.481 e. The summed E-state index contributed by atoms with van der Waals surface area (Å²) in [7, 11) is 3.41. The maximum atomic E-state index is 13.3. The normalized spacial score (nSPS) is 10.7. The summed E-state index contributed by atoms with van der Waals surface area (Å²) in [5.41, 5.74) is 1.83. The Morgan fingerprint density at radius 2 is 2.13 bits per heavy atom. The fourth-order valence-electron chi connectivity index (χ4n) is 2.44. The van der Waals surface area contributed by atoms with Gasteiger partial charge in [0.2, 0.25) is 0 Å². The number of amides is 2. The zero-order valence-corrected chi connectivity index (χ0v) is 13.2. The standard InChI is InChI=1S/C16H20FN3O3/c1-19(8-6-15(21)22)16(23)18-7-5-11-10-20(2)14-9-12(17)3-4-13(11)14/h3-4,9-10H,5-8H2,1-2H3,(H,18,23)(H,21,22). The molecule has 1 aromatic heterocycles. The second-order valence-corrected chi connectivity index (χ2v) is 5.47. The molecule has 0 spiro atoms. The second-order valence-electron chi connectivity index (χ2n) is 5.47. The topological polar surface area (TPSA) is 74.6 Å². The van der Waals surface area contributed by atoms with Crippen LogP contribution in [0.2, 0.25) is 0 Å². The van der Waals surface area contributed by atoms with Crippen LogP contribution in [0.15, 0.2) is 24.4 Å². The maximum Gasteiger partial charge on any atom is 0.317 e. The van der Waals surface area contributed by atoms with Crippen molar-refractivity contribution < 1.29 is 19.1 Å². The Labute approximate surface area is 133 Å². The average molecular weight is 321 g/mol. The summed E-state index contributed by atoms with van der Waals surface area (Å²) in [5, 5.41) is 12.3. The number of aryl methyl sites for hydroxylation is 1. The zero-order chi connectivity index (χ0) is 17.0. The zero-order valence-electron chi connectivity index (χ0n) is 13.2. The molecule has 0 saturated carbocycles. The Morgan fingerprint density at radius 3 is 2.83 bits per heavy atom. The van der Waals surface area contributed by atoms with Crippen molar-refractivity contribution >= 4 is 22.9 Å². The van der Waals surface area contributed by atoms with Crippen LogP contribution in [0.25, 0.3) is 10.9 Å². The SMILES string of the molecule is CN(CCC(=O)O)C(=O)NCCc1cn(C)c2cc(F)ccc12. The van der Waals surface area contributed by atoms with Crippen LogP contribution in [-0.2, 0) is 18.3 Å². The van der Waals surface area contributed by atoms with Crippen LogP contribution in [0.4, 0.5) is 9.18 Å². The first-order valence-corrected chi connectivity index (χ1v) is 7.32. The molecule has 1 heterocycles. The fourth-order valence-corrected chi connectivity index (χ4v) is 2.44. The van der Waals surface area contributed by atoms with Crippen LogP contribution in [0.5, 0.6) is 0 Å². The minimum absolute atomic E-state index is 0.0845. The number of hydrogen-bond donors (Lipinski definition) is 2. The van der Waals surface area contributed by atoms with Crippen LogP contribution in [-0.4, -0.2) is 46.7 Å². The van der Waals surface area contributed by atoms with E-state index in [1.807, 2.05) is 17.8 Å². The number of nitrogens with zero attached hydrogens (tertiary/aromatic N) is 2. The largest absolute Gasteiger partial charge is 0.481 e. The summed E-state index contributed by atoms with van der Waals surface area (Å²) in [5.74, 6) is -1.22. The van der Waals surface area contributed by atoms with Crippen LogP contribution in [0.1, 0.15) is 12.0 Å². The molecule has 6 nitrogen and oxygen atoms in total. The first-order valence-electron chi connectivity index (χ1n) is 7.32. The molecular formula is C16H20FN3O3. The van der Waals surface area contributed by atoms with E-state index < -0.39 is 5.97 Å². The number of halogens is 1. The minimum atomic E-state index is -0.937. The predicted molar refractivity (Wildman–Crippen MR) is 84.9 cm³/mol. The number of carbonyl (C=O) groups is 2. The third-order valence-electron chi connectivity index (χ3n) is 3.71. The number of nitrogens with one attached hydrogen (secondary N) is 1. The molecule has 7 heteroatoms. The number of aliphatic carboxylic acids is 1. The van der Waals surface area contributed by atoms with Crippen LogP contribution in [0, 0.1) is 5.82 Å². The highest BCUT2D eigenvalue weighted by Gasteiger charge is 2.11. The highest BCUT2D eigenvalue weighted by atomic mass is 19.1. The highest BCUT2D eigenvalue weighted by Crippen LogP contribution is 2.21. The van der Waals surface area contributed by atoms with Crippen molar-refractivity contribution in [1.29, 1.82) is 0 Å². The van der Waals surface area contributed by atoms with E-state index in [1.54, 1.807) is 13.1 Å². The molecule has 2 N–H and O–H groups in total. The molecule has 0 radical (unpaired) electrons. The van der Waals surface area contributed by atoms with E-state index in [0.29, 0.717) is 13.0 Å². The lowest BCUT2D eigenvalue weighted by molar-refractivity contribution is -0.137. The Morgan fingerprint density at radius 1 is 1.39 bits per heavy atom. The Hall–Kier alpha value is -2.57. The molecule has 0 aliphatic carbocycles. The lowest BCUT2D eigenvalue weighted by atomic mass is 10.1. The van der Waals surface area contributed by atoms with E-state index in [9.17, 15) is 14.0 Å². The third kappa shape index (κ3) is 4.21. The van der Waals surface area contributed by atoms with Gasteiger partial charge in [0.15, 0.2) is 0 Å². The summed E-state index contributed by atoms with van der Waals surface area (Å²) in [6, 6.07) is 4.33. The van der Waals surface area contributed by atoms with E-state index >= 15 is 0 Å². The number of rotatable bonds is 6. The molecule has 124 valence electrons. The highest BCUT2D eigenvalue weighted by molar-refractivity contribution is 5.84. The van der Waals surface area contributed by atoms with Crippen molar-refractivity contribution in [3.63, 3.8) is 0 Å². The Bertz CT molecular complexity index is 727. The predicted octanol–water partition coefficient (Wildman–Crippen LogP) is 1.98. The third-order valence-corrected chi connectivity index (χ3v) is 3.71. The molecule has 0 saturated heterocycles. The second kappa shape index (κ2) is 7.13. The van der Waals surface area contributed by atoms with Gasteiger partial charge in [0, 0.05) is 38.8 Å². The monoisotopic (exact) mass is 321 g/mol. The van der Waals surface area contributed by atoms with Gasteiger partial charge in [-0.3, -0.25) is 4.79 Å². The van der Waals surface area contributed by atoms with E-state index in [1.165, 1.54) is 17.0 Å². The molecule has 23 heavy (non-hydrogen) atoms. The van der Waals surface area contributed by atoms with E-state index in [2.05, 4.69) is 5.32 Å². The van der Waals surface area contributed by atoms with E-state index in [4.69, 9.17) is 5.11 Å². The smallest absolute Gasteiger partial charge is 0.317 e. The molecular weight excluding hydrogens is 301 g/mol. The molecule has 2 rings (SSSR count). The number of aromatic nitrogens is 1. The Balaban J connectivity index is 1.92. The molecule has 0 bridgehead atoms. The molecule has 2 amide bonds. The van der Waals surface area contributed by atoms with Crippen LogP contribution in [0.3, 0.4) is 0 Å². The quantitative estimate of drug-likeness (QED) is 0.854. The number of carbonyl (C=O) groups excluding carboxylic acids is 1. The van der Waals surface area contributed by atoms with Gasteiger partial charge in [-0.25, -0.2) is 9.18 Å². The molecule has 0 unspecified atom stereocenters. The molecule has 0 atom stereocenters. The van der Waals surface area contributed by atoms with Gasteiger partial charge in [0.25, 0.3) is 0 Å². The van der Waals surface area contributed by atoms with Crippen molar-refractivity contribution in [3.8, 4) is 0 Å². The Kier molecular flexibility index (Phi) is 5.20. The lowest BCUT2D eigenvalue weighted by Crippen LogP contribution is -2.39. The molecule has 1 aromatic carbocycles. The van der Waals surface area contributed by atoms with Gasteiger partial charge >= 0.3 is 12.0 Å². The van der Waals surface area contributed by atoms with Crippen LogP contribution < -0.4 is 5.32 Å². The summed E-state index contributed by atoms with van der Waals surface area (Å²) in [6.45, 7) is 0.585. The van der Waals surface area contributed by atoms with Gasteiger partial charge in [-0.1, -0.05) is 0 Å². The number of urea groups is 1. The molecule has 0 aliphatic rings. The van der Waals surface area contributed by atoms with Crippen molar-refractivity contribution in [2.75, 3.05) is 20.1 Å². The summed E-state index contributed by atoms with van der Waals surface area (Å²) < 4.78 is 15.1. The number of carboxylic acid groups (broad SMARTS) is 1. The van der Waals surface area contributed by atoms with E-state index in [0.717, 1.165) is 16.5 Å². The maximum absolute atomic E-state index is 13.3. The fraction of sp³-hybridized carbons (Fsp3) is 0.375. The van der Waals surface area contributed by atoms with Crippen LogP contribution >= 0.6 is 0 Å². The average Bonchev–Trinajstić information content (AvgIpc) is 2.80. The van der Waals surface area contributed by atoms with Crippen molar-refractivity contribution in [3.05, 3.63) is 35.8 Å². The first-order chi connectivity index (χ1) is 10.9. The number of benzene rings is 1. The van der Waals surface area contributed by atoms with Gasteiger partial charge in [-0.05, 0) is 30.2 Å². The van der Waals surface area contributed by atoms with Gasteiger partial charge in [-0.2, -0.15) is 0 Å². The number of carboxylic acids is 1. The van der Waals surface area contributed by atoms with E-state index in [-0.39, 0.29) is 24.8 Å². The van der Waals surface area contributed by atoms with Gasteiger partial charge < -0.3 is 19.9 Å². The summed E-state index contributed by atoms with van der Waals surface area (Å²) in [4.78, 5) is 23.7. The number of fused-ring (bicyclic) bond motifs is 1. The van der Waals surface area contributed by atoms with Gasteiger partial charge in [0.1, 0.15) is 5.82 Å². The summed E-state index contributed by atoms with van der Waals surface area (Å²) in [6.07, 6.45) is 2.45. The molecule has 2 aromatic rings. The van der Waals surface area contributed by atoms with Gasteiger partial charge in [0.05, 0.1) is 11.9 Å². The first kappa shape index (κ1) is 16.8. The van der Waals surface area contributed by atoms with Gasteiger partial charge in [-0.15, -0.1) is 0 Å². The van der Waals surface area contributed by atoms with Crippen molar-refractivity contribution in [2.45, 2.75) is 12.8 Å². The number of hydrogen-bond acceptors (Lipinski definition) is 2. The lowest BCUT2D eigenvalue weighted by Gasteiger charge is -2.16. The molecule has 0 aliphatic heterocycles.